The van der Waals surface area contributed by atoms with Crippen LogP contribution >= 0.6 is 11.6 Å². The van der Waals surface area contributed by atoms with Gasteiger partial charge in [-0.25, -0.2) is 4.39 Å². The van der Waals surface area contributed by atoms with Crippen LogP contribution in [0.3, 0.4) is 0 Å². The molecule has 1 rings (SSSR count). The summed E-state index contributed by atoms with van der Waals surface area (Å²) in [6.07, 6.45) is 3.12. The summed E-state index contributed by atoms with van der Waals surface area (Å²) < 4.78 is 13.1. The molecule has 0 aliphatic carbocycles. The van der Waals surface area contributed by atoms with Gasteiger partial charge in [-0.3, -0.25) is 0 Å². The predicted molar refractivity (Wildman–Crippen MR) is 72.1 cm³/mol. The Kier molecular flexibility index (Phi) is 5.41. The molecule has 0 fully saturated rings. The van der Waals surface area contributed by atoms with Gasteiger partial charge in [-0.2, -0.15) is 0 Å². The molecule has 0 amide bonds. The van der Waals surface area contributed by atoms with Crippen LogP contribution in [-0.2, 0) is 6.42 Å². The van der Waals surface area contributed by atoms with Crippen molar-refractivity contribution in [1.82, 2.24) is 5.32 Å². The number of nitrogens with one attached hydrogen (secondary N) is 1. The Bertz CT molecular complexity index is 361. The third kappa shape index (κ3) is 3.68. The Morgan fingerprint density at radius 1 is 1.29 bits per heavy atom. The molecule has 17 heavy (non-hydrogen) atoms. The van der Waals surface area contributed by atoms with E-state index in [1.54, 1.807) is 6.07 Å². The summed E-state index contributed by atoms with van der Waals surface area (Å²) in [6, 6.07) is 5.02. The van der Waals surface area contributed by atoms with Crippen molar-refractivity contribution in [3.8, 4) is 0 Å². The third-order valence-electron chi connectivity index (χ3n) is 3.61. The highest BCUT2D eigenvalue weighted by atomic mass is 35.5. The minimum Gasteiger partial charge on any atom is -0.319 e. The van der Waals surface area contributed by atoms with E-state index in [9.17, 15) is 4.39 Å². The van der Waals surface area contributed by atoms with E-state index in [1.807, 2.05) is 13.1 Å². The lowest BCUT2D eigenvalue weighted by Crippen LogP contribution is -2.33. The predicted octanol–water partition coefficient (Wildman–Crippen LogP) is 4.05. The van der Waals surface area contributed by atoms with E-state index >= 15 is 0 Å². The molecule has 0 aliphatic rings. The molecule has 0 saturated carbocycles. The van der Waals surface area contributed by atoms with E-state index in [-0.39, 0.29) is 16.3 Å². The van der Waals surface area contributed by atoms with Crippen molar-refractivity contribution in [2.75, 3.05) is 13.6 Å². The van der Waals surface area contributed by atoms with E-state index < -0.39 is 0 Å². The van der Waals surface area contributed by atoms with Gasteiger partial charge in [-0.15, -0.1) is 0 Å². The molecule has 0 unspecified atom stereocenters. The molecule has 0 aliphatic heterocycles. The van der Waals surface area contributed by atoms with Crippen molar-refractivity contribution in [2.24, 2.45) is 5.41 Å². The van der Waals surface area contributed by atoms with Crippen LogP contribution in [0.2, 0.25) is 5.02 Å². The zero-order chi connectivity index (χ0) is 12.9. The quantitative estimate of drug-likeness (QED) is 0.811. The lowest BCUT2D eigenvalue weighted by Gasteiger charge is -2.31. The molecule has 0 aromatic heterocycles. The zero-order valence-corrected chi connectivity index (χ0v) is 11.6. The molecule has 0 heterocycles. The topological polar surface area (TPSA) is 12.0 Å². The lowest BCUT2D eigenvalue weighted by atomic mass is 9.77. The fraction of sp³-hybridized carbons (Fsp3) is 0.571. The van der Waals surface area contributed by atoms with Gasteiger partial charge in [-0.1, -0.05) is 31.5 Å². The van der Waals surface area contributed by atoms with Crippen molar-refractivity contribution in [1.29, 1.82) is 0 Å². The normalized spacial score (nSPS) is 11.8. The van der Waals surface area contributed by atoms with Gasteiger partial charge >= 0.3 is 0 Å². The second-order valence-corrected chi connectivity index (χ2v) is 5.07. The van der Waals surface area contributed by atoms with Crippen LogP contribution < -0.4 is 5.32 Å². The lowest BCUT2D eigenvalue weighted by molar-refractivity contribution is 0.253. The largest absolute Gasteiger partial charge is 0.319 e. The summed E-state index contributed by atoms with van der Waals surface area (Å²) >= 11 is 5.82. The number of halogens is 2. The molecule has 0 saturated heterocycles. The van der Waals surface area contributed by atoms with E-state index in [4.69, 9.17) is 11.6 Å². The van der Waals surface area contributed by atoms with Gasteiger partial charge in [0, 0.05) is 6.54 Å². The Hall–Kier alpha value is -0.600. The first kappa shape index (κ1) is 14.5. The van der Waals surface area contributed by atoms with Crippen LogP contribution in [0, 0.1) is 11.2 Å². The van der Waals surface area contributed by atoms with Gasteiger partial charge in [0.05, 0.1) is 5.02 Å². The summed E-state index contributed by atoms with van der Waals surface area (Å²) in [5.41, 5.74) is 1.34. The molecule has 0 bridgehead atoms. The van der Waals surface area contributed by atoms with Gasteiger partial charge in [0.25, 0.3) is 0 Å². The Labute approximate surface area is 108 Å². The van der Waals surface area contributed by atoms with Gasteiger partial charge in [0.1, 0.15) is 5.82 Å². The van der Waals surface area contributed by atoms with E-state index in [0.29, 0.717) is 0 Å². The molecule has 1 N–H and O–H groups in total. The first-order valence-corrected chi connectivity index (χ1v) is 6.53. The summed E-state index contributed by atoms with van der Waals surface area (Å²) in [6.45, 7) is 5.37. The summed E-state index contributed by atoms with van der Waals surface area (Å²) in [4.78, 5) is 0. The molecule has 1 nitrogen and oxygen atoms in total. The Balaban J connectivity index is 2.89. The van der Waals surface area contributed by atoms with Crippen molar-refractivity contribution in [3.05, 3.63) is 34.6 Å². The molecule has 1 aromatic carbocycles. The second kappa shape index (κ2) is 6.36. The molecular weight excluding hydrogens is 237 g/mol. The highest BCUT2D eigenvalue weighted by Crippen LogP contribution is 2.31. The summed E-state index contributed by atoms with van der Waals surface area (Å²) in [5.74, 6) is -0.345. The molecule has 1 aromatic rings. The minimum absolute atomic E-state index is 0.216. The van der Waals surface area contributed by atoms with Gasteiger partial charge < -0.3 is 5.32 Å². The third-order valence-corrected chi connectivity index (χ3v) is 3.90. The van der Waals surface area contributed by atoms with Crippen LogP contribution in [0.1, 0.15) is 32.3 Å². The number of rotatable bonds is 6. The van der Waals surface area contributed by atoms with Crippen LogP contribution in [0.4, 0.5) is 4.39 Å². The average molecular weight is 258 g/mol. The standard InChI is InChI=1S/C14H21ClFN/c1-4-14(5-2,10-17-3)9-11-6-7-13(16)12(15)8-11/h6-8,17H,4-5,9-10H2,1-3H3. The highest BCUT2D eigenvalue weighted by molar-refractivity contribution is 6.30. The second-order valence-electron chi connectivity index (χ2n) is 4.66. The molecule has 96 valence electrons. The zero-order valence-electron chi connectivity index (χ0n) is 10.8. The first-order chi connectivity index (χ1) is 8.06. The Morgan fingerprint density at radius 2 is 1.94 bits per heavy atom. The molecule has 0 radical (unpaired) electrons. The van der Waals surface area contributed by atoms with E-state index in [1.165, 1.54) is 6.07 Å². The monoisotopic (exact) mass is 257 g/mol. The SMILES string of the molecule is CCC(CC)(CNC)Cc1ccc(F)c(Cl)c1. The van der Waals surface area contributed by atoms with Crippen molar-refractivity contribution < 1.29 is 4.39 Å². The van der Waals surface area contributed by atoms with Crippen molar-refractivity contribution >= 4 is 11.6 Å². The summed E-state index contributed by atoms with van der Waals surface area (Å²) in [5, 5.41) is 3.47. The van der Waals surface area contributed by atoms with E-state index in [2.05, 4.69) is 19.2 Å². The molecular formula is C14H21ClFN. The molecule has 0 atom stereocenters. The van der Waals surface area contributed by atoms with Crippen LogP contribution in [0.25, 0.3) is 0 Å². The maximum atomic E-state index is 13.1. The smallest absolute Gasteiger partial charge is 0.141 e. The maximum absolute atomic E-state index is 13.1. The number of hydrogen-bond acceptors (Lipinski definition) is 1. The van der Waals surface area contributed by atoms with Gasteiger partial charge in [0.2, 0.25) is 0 Å². The fourth-order valence-electron chi connectivity index (χ4n) is 2.27. The number of hydrogen-bond donors (Lipinski definition) is 1. The fourth-order valence-corrected chi connectivity index (χ4v) is 2.47. The van der Waals surface area contributed by atoms with Gasteiger partial charge in [-0.05, 0) is 49.4 Å². The van der Waals surface area contributed by atoms with Crippen LogP contribution in [0.15, 0.2) is 18.2 Å². The average Bonchev–Trinajstić information content (AvgIpc) is 2.33. The Morgan fingerprint density at radius 3 is 2.41 bits per heavy atom. The van der Waals surface area contributed by atoms with E-state index in [0.717, 1.165) is 31.4 Å². The van der Waals surface area contributed by atoms with Crippen molar-refractivity contribution in [3.63, 3.8) is 0 Å². The minimum atomic E-state index is -0.345. The maximum Gasteiger partial charge on any atom is 0.141 e. The summed E-state index contributed by atoms with van der Waals surface area (Å²) in [7, 11) is 1.97. The number of benzene rings is 1. The van der Waals surface area contributed by atoms with Crippen molar-refractivity contribution in [2.45, 2.75) is 33.1 Å². The first-order valence-electron chi connectivity index (χ1n) is 6.15. The van der Waals surface area contributed by atoms with Crippen LogP contribution in [0.5, 0.6) is 0 Å². The van der Waals surface area contributed by atoms with Crippen LogP contribution in [-0.4, -0.2) is 13.6 Å². The molecule has 0 spiro atoms. The molecule has 3 heteroatoms. The highest BCUT2D eigenvalue weighted by Gasteiger charge is 2.25. The van der Waals surface area contributed by atoms with Gasteiger partial charge in [0.15, 0.2) is 0 Å².